The molecule has 82 valence electrons. The molecule has 0 radical (unpaired) electrons. The third kappa shape index (κ3) is 1.54. The summed E-state index contributed by atoms with van der Waals surface area (Å²) in [5.74, 6) is 0.0194. The van der Waals surface area contributed by atoms with Crippen LogP contribution in [0.5, 0.6) is 0 Å². The lowest BCUT2D eigenvalue weighted by atomic mass is 10.0. The number of nitrogens with two attached hydrogens (primary N) is 1. The summed E-state index contributed by atoms with van der Waals surface area (Å²) in [7, 11) is 0. The van der Waals surface area contributed by atoms with Gasteiger partial charge in [0.1, 0.15) is 11.5 Å². The fraction of sp³-hybridized carbons (Fsp3) is 0.231. The number of hydrogen-bond donors (Lipinski definition) is 2. The number of amidine groups is 1. The predicted octanol–water partition coefficient (Wildman–Crippen LogP) is 2.44. The molecule has 0 saturated heterocycles. The summed E-state index contributed by atoms with van der Waals surface area (Å²) in [5, 5.41) is 8.62. The largest absolute Gasteiger partial charge is 0.382 e. The highest BCUT2D eigenvalue weighted by Crippen LogP contribution is 2.24. The lowest BCUT2D eigenvalue weighted by molar-refractivity contribution is 1.26. The van der Waals surface area contributed by atoms with E-state index in [0.29, 0.717) is 5.69 Å². The topological polar surface area (TPSA) is 62.8 Å². The fourth-order valence-corrected chi connectivity index (χ4v) is 2.01. The average molecular weight is 213 g/mol. The molecule has 1 aromatic heterocycles. The van der Waals surface area contributed by atoms with Crippen molar-refractivity contribution in [2.45, 2.75) is 20.8 Å². The second-order valence-corrected chi connectivity index (χ2v) is 4.16. The molecule has 0 atom stereocenters. The monoisotopic (exact) mass is 213 g/mol. The van der Waals surface area contributed by atoms with Gasteiger partial charge in [-0.2, -0.15) is 0 Å². The Morgan fingerprint density at radius 1 is 1.12 bits per heavy atom. The Morgan fingerprint density at radius 3 is 2.38 bits per heavy atom. The maximum absolute atomic E-state index is 7.45. The van der Waals surface area contributed by atoms with E-state index in [0.717, 1.165) is 16.6 Å². The lowest BCUT2D eigenvalue weighted by Gasteiger charge is -2.10. The Balaban J connectivity index is 2.92. The minimum Gasteiger partial charge on any atom is -0.382 e. The van der Waals surface area contributed by atoms with Crippen LogP contribution in [0.4, 0.5) is 0 Å². The molecule has 3 N–H and O–H groups in total. The van der Waals surface area contributed by atoms with Crippen molar-refractivity contribution in [3.05, 3.63) is 40.6 Å². The standard InChI is InChI=1S/C13H15N3/c1-7-4-5-8(2)12-11(7)9(3)6-10(16-12)13(14)15/h4-6H,1-3H3,(H3,14,15). The molecule has 3 nitrogen and oxygen atoms in total. The smallest absolute Gasteiger partial charge is 0.141 e. The van der Waals surface area contributed by atoms with E-state index in [1.807, 2.05) is 26.0 Å². The molecule has 1 aromatic carbocycles. The normalized spacial score (nSPS) is 10.7. The van der Waals surface area contributed by atoms with E-state index in [-0.39, 0.29) is 5.84 Å². The summed E-state index contributed by atoms with van der Waals surface area (Å²) < 4.78 is 0. The van der Waals surface area contributed by atoms with Crippen LogP contribution in [0.1, 0.15) is 22.4 Å². The van der Waals surface area contributed by atoms with Gasteiger partial charge < -0.3 is 5.73 Å². The SMILES string of the molecule is Cc1ccc(C)c2c(C)cc(C(=N)N)nc12. The van der Waals surface area contributed by atoms with Gasteiger partial charge in [-0.1, -0.05) is 12.1 Å². The molecule has 16 heavy (non-hydrogen) atoms. The van der Waals surface area contributed by atoms with Crippen molar-refractivity contribution in [1.82, 2.24) is 4.98 Å². The van der Waals surface area contributed by atoms with Gasteiger partial charge in [-0.15, -0.1) is 0 Å². The fourth-order valence-electron chi connectivity index (χ4n) is 2.01. The van der Waals surface area contributed by atoms with Crippen molar-refractivity contribution >= 4 is 16.7 Å². The molecule has 0 spiro atoms. The van der Waals surface area contributed by atoms with Gasteiger partial charge in [0.25, 0.3) is 0 Å². The van der Waals surface area contributed by atoms with Crippen LogP contribution in [0.25, 0.3) is 10.9 Å². The molecule has 0 bridgehead atoms. The first-order valence-electron chi connectivity index (χ1n) is 5.22. The van der Waals surface area contributed by atoms with Crippen molar-refractivity contribution in [2.75, 3.05) is 0 Å². The van der Waals surface area contributed by atoms with E-state index < -0.39 is 0 Å². The third-order valence-electron chi connectivity index (χ3n) is 2.84. The van der Waals surface area contributed by atoms with Gasteiger partial charge in [0.2, 0.25) is 0 Å². The second-order valence-electron chi connectivity index (χ2n) is 4.16. The molecule has 0 amide bonds. The molecule has 0 fully saturated rings. The van der Waals surface area contributed by atoms with Crippen LogP contribution in [0.2, 0.25) is 0 Å². The van der Waals surface area contributed by atoms with Crippen LogP contribution in [0, 0.1) is 26.2 Å². The number of nitrogen functional groups attached to an aromatic ring is 1. The highest BCUT2D eigenvalue weighted by molar-refractivity contribution is 5.97. The molecule has 3 heteroatoms. The minimum absolute atomic E-state index is 0.0194. The molecular weight excluding hydrogens is 198 g/mol. The Kier molecular flexibility index (Phi) is 2.38. The molecule has 0 aliphatic rings. The predicted molar refractivity (Wildman–Crippen MR) is 67.0 cm³/mol. The summed E-state index contributed by atoms with van der Waals surface area (Å²) >= 11 is 0. The molecule has 0 aliphatic carbocycles. The summed E-state index contributed by atoms with van der Waals surface area (Å²) in [6.07, 6.45) is 0. The number of pyridine rings is 1. The first-order chi connectivity index (χ1) is 7.50. The Bertz CT molecular complexity index is 585. The molecule has 2 rings (SSSR count). The van der Waals surface area contributed by atoms with Crippen LogP contribution in [-0.2, 0) is 0 Å². The van der Waals surface area contributed by atoms with Crippen LogP contribution >= 0.6 is 0 Å². The molecule has 0 saturated carbocycles. The van der Waals surface area contributed by atoms with Gasteiger partial charge in [0.15, 0.2) is 0 Å². The van der Waals surface area contributed by atoms with Gasteiger partial charge in [-0.3, -0.25) is 5.41 Å². The maximum atomic E-state index is 7.45. The zero-order chi connectivity index (χ0) is 11.9. The van der Waals surface area contributed by atoms with Crippen LogP contribution < -0.4 is 5.73 Å². The summed E-state index contributed by atoms with van der Waals surface area (Å²) in [6, 6.07) is 6.02. The Morgan fingerprint density at radius 2 is 1.75 bits per heavy atom. The van der Waals surface area contributed by atoms with Gasteiger partial charge in [0.05, 0.1) is 5.52 Å². The number of hydrogen-bond acceptors (Lipinski definition) is 2. The van der Waals surface area contributed by atoms with E-state index in [2.05, 4.69) is 18.0 Å². The Labute approximate surface area is 94.8 Å². The van der Waals surface area contributed by atoms with Crippen molar-refractivity contribution < 1.29 is 0 Å². The zero-order valence-corrected chi connectivity index (χ0v) is 9.76. The molecule has 0 unspecified atom stereocenters. The van der Waals surface area contributed by atoms with Crippen LogP contribution in [-0.4, -0.2) is 10.8 Å². The molecule has 0 aliphatic heterocycles. The summed E-state index contributed by atoms with van der Waals surface area (Å²) in [6.45, 7) is 6.13. The molecular formula is C13H15N3. The summed E-state index contributed by atoms with van der Waals surface area (Å²) in [4.78, 5) is 4.45. The van der Waals surface area contributed by atoms with Crippen molar-refractivity contribution in [3.8, 4) is 0 Å². The number of nitrogens with zero attached hydrogens (tertiary/aromatic N) is 1. The first kappa shape index (κ1) is 10.6. The van der Waals surface area contributed by atoms with Crippen molar-refractivity contribution in [3.63, 3.8) is 0 Å². The van der Waals surface area contributed by atoms with E-state index in [4.69, 9.17) is 11.1 Å². The number of benzene rings is 1. The molecule has 2 aromatic rings. The van der Waals surface area contributed by atoms with Gasteiger partial charge in [-0.05, 0) is 43.5 Å². The second kappa shape index (κ2) is 3.59. The minimum atomic E-state index is 0.0194. The number of rotatable bonds is 1. The van der Waals surface area contributed by atoms with Crippen molar-refractivity contribution in [1.29, 1.82) is 5.41 Å². The van der Waals surface area contributed by atoms with Crippen molar-refractivity contribution in [2.24, 2.45) is 5.73 Å². The van der Waals surface area contributed by atoms with E-state index in [9.17, 15) is 0 Å². The Hall–Kier alpha value is -1.90. The van der Waals surface area contributed by atoms with Crippen LogP contribution in [0.15, 0.2) is 18.2 Å². The van der Waals surface area contributed by atoms with E-state index in [1.165, 1.54) is 10.9 Å². The lowest BCUT2D eigenvalue weighted by Crippen LogP contribution is -2.13. The average Bonchev–Trinajstić information content (AvgIpc) is 2.22. The van der Waals surface area contributed by atoms with E-state index >= 15 is 0 Å². The highest BCUT2D eigenvalue weighted by atomic mass is 14.8. The maximum Gasteiger partial charge on any atom is 0.141 e. The van der Waals surface area contributed by atoms with Gasteiger partial charge in [-0.25, -0.2) is 4.98 Å². The summed E-state index contributed by atoms with van der Waals surface area (Å²) in [5.41, 5.74) is 10.4. The zero-order valence-electron chi connectivity index (χ0n) is 9.76. The molecule has 1 heterocycles. The van der Waals surface area contributed by atoms with E-state index in [1.54, 1.807) is 0 Å². The van der Waals surface area contributed by atoms with Gasteiger partial charge >= 0.3 is 0 Å². The van der Waals surface area contributed by atoms with Crippen LogP contribution in [0.3, 0.4) is 0 Å². The number of fused-ring (bicyclic) bond motifs is 1. The number of nitrogens with one attached hydrogen (secondary N) is 1. The first-order valence-corrected chi connectivity index (χ1v) is 5.22. The number of aryl methyl sites for hydroxylation is 3. The van der Waals surface area contributed by atoms with Gasteiger partial charge in [0, 0.05) is 5.39 Å². The highest BCUT2D eigenvalue weighted by Gasteiger charge is 2.08. The quantitative estimate of drug-likeness (QED) is 0.564. The number of aromatic nitrogens is 1. The third-order valence-corrected chi connectivity index (χ3v) is 2.84.